The Kier molecular flexibility index (Phi) is 5.27. The van der Waals surface area contributed by atoms with Gasteiger partial charge in [0.1, 0.15) is 16.9 Å². The molecule has 0 atom stereocenters. The number of hydrogen-bond acceptors (Lipinski definition) is 7. The highest BCUT2D eigenvalue weighted by molar-refractivity contribution is 6.39. The first-order chi connectivity index (χ1) is 14.2. The van der Waals surface area contributed by atoms with Crippen LogP contribution in [0.1, 0.15) is 15.9 Å². The van der Waals surface area contributed by atoms with E-state index in [4.69, 9.17) is 4.74 Å². The first-order valence-electron chi connectivity index (χ1n) is 8.30. The Morgan fingerprint density at radius 2 is 1.83 bits per heavy atom. The molecule has 1 heterocycles. The molecule has 2 N–H and O–H groups in total. The molecule has 0 bridgehead atoms. The van der Waals surface area contributed by atoms with Crippen LogP contribution in [0.2, 0.25) is 0 Å². The van der Waals surface area contributed by atoms with Gasteiger partial charge < -0.3 is 9.84 Å². The van der Waals surface area contributed by atoms with Gasteiger partial charge in [0.15, 0.2) is 0 Å². The number of nitrogens with zero attached hydrogens (tertiary/aromatic N) is 2. The summed E-state index contributed by atoms with van der Waals surface area (Å²) in [5, 5.41) is 22.1. The quantitative estimate of drug-likeness (QED) is 0.327. The zero-order chi connectivity index (χ0) is 22.0. The van der Waals surface area contributed by atoms with Crippen LogP contribution >= 0.6 is 0 Å². The number of carbonyl (C=O) groups is 4. The third kappa shape index (κ3) is 3.71. The van der Waals surface area contributed by atoms with E-state index in [0.29, 0.717) is 4.90 Å². The topological polar surface area (TPSA) is 156 Å². The first-order valence-corrected chi connectivity index (χ1v) is 8.30. The number of nitro groups is 1. The van der Waals surface area contributed by atoms with Crippen LogP contribution in [0.5, 0.6) is 5.75 Å². The number of ether oxygens (including phenoxy) is 1. The van der Waals surface area contributed by atoms with Crippen LogP contribution in [0.15, 0.2) is 48.0 Å². The van der Waals surface area contributed by atoms with Crippen LogP contribution in [0.25, 0.3) is 6.08 Å². The molecule has 3 rings (SSSR count). The minimum Gasteiger partial charge on any atom is -0.496 e. The largest absolute Gasteiger partial charge is 0.496 e. The van der Waals surface area contributed by atoms with E-state index >= 15 is 0 Å². The summed E-state index contributed by atoms with van der Waals surface area (Å²) in [7, 11) is 1.30. The van der Waals surface area contributed by atoms with Gasteiger partial charge in [0.2, 0.25) is 0 Å². The minimum atomic E-state index is -1.27. The highest BCUT2D eigenvalue weighted by Crippen LogP contribution is 2.26. The van der Waals surface area contributed by atoms with Crippen molar-refractivity contribution < 1.29 is 33.9 Å². The molecular formula is C19H13N3O8. The van der Waals surface area contributed by atoms with Crippen LogP contribution in [0, 0.1) is 10.1 Å². The number of benzene rings is 2. The lowest BCUT2D eigenvalue weighted by atomic mass is 10.0. The van der Waals surface area contributed by atoms with Crippen LogP contribution in [-0.4, -0.2) is 41.0 Å². The fourth-order valence-electron chi connectivity index (χ4n) is 2.76. The van der Waals surface area contributed by atoms with Gasteiger partial charge in [0.25, 0.3) is 17.5 Å². The molecule has 0 unspecified atom stereocenters. The molecule has 11 nitrogen and oxygen atoms in total. The Morgan fingerprint density at radius 1 is 1.17 bits per heavy atom. The number of carboxylic acids is 1. The molecule has 4 amide bonds. The summed E-state index contributed by atoms with van der Waals surface area (Å²) >= 11 is 0. The summed E-state index contributed by atoms with van der Waals surface area (Å²) in [6.07, 6.45) is 1.13. The third-order valence-electron chi connectivity index (χ3n) is 4.19. The van der Waals surface area contributed by atoms with Crippen molar-refractivity contribution in [1.82, 2.24) is 5.32 Å². The van der Waals surface area contributed by atoms with Gasteiger partial charge in [-0.3, -0.25) is 25.0 Å². The second-order valence-corrected chi connectivity index (χ2v) is 6.00. The number of methoxy groups -OCH3 is 1. The lowest BCUT2D eigenvalue weighted by Crippen LogP contribution is -2.54. The number of rotatable bonds is 5. The van der Waals surface area contributed by atoms with Crippen molar-refractivity contribution in [3.05, 3.63) is 69.3 Å². The Morgan fingerprint density at radius 3 is 2.40 bits per heavy atom. The number of non-ortho nitro benzene ring substituents is 1. The fraction of sp³-hybridized carbons (Fsp3) is 0.0526. The number of aromatic carboxylic acids is 1. The van der Waals surface area contributed by atoms with Gasteiger partial charge in [-0.2, -0.15) is 0 Å². The number of nitro benzene ring substituents is 1. The number of urea groups is 1. The molecule has 1 fully saturated rings. The maximum Gasteiger partial charge on any atom is 0.339 e. The Hall–Kier alpha value is -4.54. The molecule has 30 heavy (non-hydrogen) atoms. The Bertz CT molecular complexity index is 1120. The summed E-state index contributed by atoms with van der Waals surface area (Å²) in [4.78, 5) is 59.3. The van der Waals surface area contributed by atoms with Gasteiger partial charge in [-0.05, 0) is 35.9 Å². The van der Waals surface area contributed by atoms with Crippen LogP contribution in [0.4, 0.5) is 16.2 Å². The number of anilines is 1. The van der Waals surface area contributed by atoms with Crippen molar-refractivity contribution in [3.63, 3.8) is 0 Å². The number of carbonyl (C=O) groups excluding carboxylic acids is 3. The smallest absolute Gasteiger partial charge is 0.339 e. The van der Waals surface area contributed by atoms with E-state index in [-0.39, 0.29) is 28.3 Å². The zero-order valence-corrected chi connectivity index (χ0v) is 15.3. The highest BCUT2D eigenvalue weighted by Gasteiger charge is 2.37. The molecule has 0 aromatic heterocycles. The van der Waals surface area contributed by atoms with Crippen molar-refractivity contribution in [2.24, 2.45) is 0 Å². The molecular weight excluding hydrogens is 398 g/mol. The number of amides is 4. The highest BCUT2D eigenvalue weighted by atomic mass is 16.6. The predicted molar refractivity (Wildman–Crippen MR) is 102 cm³/mol. The lowest BCUT2D eigenvalue weighted by molar-refractivity contribution is -0.384. The number of barbiturate groups is 1. The third-order valence-corrected chi connectivity index (χ3v) is 4.19. The van der Waals surface area contributed by atoms with Crippen molar-refractivity contribution >= 4 is 41.3 Å². The Labute approximate surface area is 168 Å². The van der Waals surface area contributed by atoms with Gasteiger partial charge >= 0.3 is 12.0 Å². The van der Waals surface area contributed by atoms with E-state index in [0.717, 1.165) is 18.2 Å². The van der Waals surface area contributed by atoms with Crippen molar-refractivity contribution in [2.75, 3.05) is 12.0 Å². The van der Waals surface area contributed by atoms with Gasteiger partial charge in [-0.1, -0.05) is 6.07 Å². The maximum absolute atomic E-state index is 12.8. The molecule has 0 aliphatic carbocycles. The predicted octanol–water partition coefficient (Wildman–Crippen LogP) is 1.97. The number of carboxylic acid groups (broad SMARTS) is 1. The van der Waals surface area contributed by atoms with E-state index in [1.54, 1.807) is 0 Å². The van der Waals surface area contributed by atoms with Gasteiger partial charge in [0.05, 0.1) is 17.7 Å². The van der Waals surface area contributed by atoms with E-state index in [2.05, 4.69) is 0 Å². The summed E-state index contributed by atoms with van der Waals surface area (Å²) in [5.74, 6) is -3.11. The average Bonchev–Trinajstić information content (AvgIpc) is 2.71. The normalized spacial score (nSPS) is 15.2. The number of imide groups is 2. The lowest BCUT2D eigenvalue weighted by Gasteiger charge is -2.26. The summed E-state index contributed by atoms with van der Waals surface area (Å²) in [6, 6.07) is 7.60. The fourth-order valence-corrected chi connectivity index (χ4v) is 2.76. The molecule has 0 saturated carbocycles. The van der Waals surface area contributed by atoms with E-state index < -0.39 is 34.3 Å². The average molecular weight is 411 g/mol. The number of nitrogens with one attached hydrogen (secondary N) is 1. The number of hydrogen-bond donors (Lipinski definition) is 2. The van der Waals surface area contributed by atoms with Gasteiger partial charge in [-0.15, -0.1) is 0 Å². The summed E-state index contributed by atoms with van der Waals surface area (Å²) in [5.41, 5.74) is -0.615. The molecule has 2 aromatic carbocycles. The molecule has 1 aliphatic heterocycles. The zero-order valence-electron chi connectivity index (χ0n) is 15.3. The molecule has 11 heteroatoms. The Balaban J connectivity index is 2.01. The van der Waals surface area contributed by atoms with E-state index in [9.17, 15) is 34.4 Å². The summed E-state index contributed by atoms with van der Waals surface area (Å²) < 4.78 is 4.96. The van der Waals surface area contributed by atoms with E-state index in [1.807, 2.05) is 5.32 Å². The standard InChI is InChI=1S/C19H13N3O8/c1-30-15-7-2-10(8-13(15)18(25)26)9-14-16(23)20-19(27)21(17(14)24)11-3-5-12(6-4-11)22(28)29/h2-9H,1H3,(H,25,26)(H,20,23,27)/b14-9-. The maximum atomic E-state index is 12.8. The van der Waals surface area contributed by atoms with Crippen LogP contribution in [0.3, 0.4) is 0 Å². The van der Waals surface area contributed by atoms with Crippen molar-refractivity contribution in [1.29, 1.82) is 0 Å². The molecule has 2 aromatic rings. The summed E-state index contributed by atoms with van der Waals surface area (Å²) in [6.45, 7) is 0. The molecule has 0 spiro atoms. The first kappa shape index (κ1) is 20.2. The van der Waals surface area contributed by atoms with Crippen molar-refractivity contribution in [3.8, 4) is 5.75 Å². The molecule has 0 radical (unpaired) electrons. The minimum absolute atomic E-state index is 0.0162. The second kappa shape index (κ2) is 7.83. The molecule has 1 aliphatic rings. The van der Waals surface area contributed by atoms with Crippen molar-refractivity contribution in [2.45, 2.75) is 0 Å². The van der Waals surface area contributed by atoms with Crippen LogP contribution < -0.4 is 15.0 Å². The van der Waals surface area contributed by atoms with Crippen LogP contribution in [-0.2, 0) is 9.59 Å². The molecule has 152 valence electrons. The SMILES string of the molecule is COc1ccc(/C=C2/C(=O)NC(=O)N(c3ccc([N+](=O)[O-])cc3)C2=O)cc1C(=O)O. The van der Waals surface area contributed by atoms with E-state index in [1.165, 1.54) is 37.4 Å². The second-order valence-electron chi connectivity index (χ2n) is 6.00. The van der Waals surface area contributed by atoms with Gasteiger partial charge in [-0.25, -0.2) is 14.5 Å². The molecule has 1 saturated heterocycles. The van der Waals surface area contributed by atoms with Gasteiger partial charge in [0, 0.05) is 12.1 Å². The monoisotopic (exact) mass is 411 g/mol.